The lowest BCUT2D eigenvalue weighted by atomic mass is 9.94. The zero-order valence-corrected chi connectivity index (χ0v) is 18.4. The van der Waals surface area contributed by atoms with E-state index in [-0.39, 0.29) is 11.3 Å². The lowest BCUT2D eigenvalue weighted by molar-refractivity contribution is -0.115. The predicted molar refractivity (Wildman–Crippen MR) is 115 cm³/mol. The number of aromatic nitrogens is 2. The standard InChI is InChI=1S/C20H22ClN3O2S2/c1-20(2,3)15-10-22-17(26-15)12-27-18-11-23-19(28-18)24-16(25)8-13-4-6-14(9-21)7-5-13/h4-7,10-11H,8-9,12H2,1-3H3,(H,23,24,25). The number of carbonyl (C=O) groups is 1. The minimum Gasteiger partial charge on any atom is -0.444 e. The smallest absolute Gasteiger partial charge is 0.230 e. The largest absolute Gasteiger partial charge is 0.444 e. The third-order valence-electron chi connectivity index (χ3n) is 3.90. The molecule has 0 saturated heterocycles. The molecule has 0 aliphatic carbocycles. The van der Waals surface area contributed by atoms with Crippen molar-refractivity contribution in [3.63, 3.8) is 0 Å². The molecule has 2 heterocycles. The van der Waals surface area contributed by atoms with E-state index in [1.807, 2.05) is 24.3 Å². The van der Waals surface area contributed by atoms with Crippen molar-refractivity contribution in [1.82, 2.24) is 9.97 Å². The topological polar surface area (TPSA) is 68.0 Å². The summed E-state index contributed by atoms with van der Waals surface area (Å²) < 4.78 is 6.80. The molecule has 5 nitrogen and oxygen atoms in total. The van der Waals surface area contributed by atoms with Gasteiger partial charge in [0.05, 0.1) is 28.8 Å². The van der Waals surface area contributed by atoms with Crippen LogP contribution in [0.3, 0.4) is 0 Å². The minimum absolute atomic E-state index is 0.0534. The van der Waals surface area contributed by atoms with Crippen molar-refractivity contribution >= 4 is 45.7 Å². The first-order chi connectivity index (χ1) is 13.3. The van der Waals surface area contributed by atoms with E-state index in [1.54, 1.807) is 24.2 Å². The van der Waals surface area contributed by atoms with Crippen LogP contribution in [0.2, 0.25) is 0 Å². The summed E-state index contributed by atoms with van der Waals surface area (Å²) in [5.74, 6) is 2.57. The highest BCUT2D eigenvalue weighted by atomic mass is 35.5. The zero-order chi connectivity index (χ0) is 20.1. The summed E-state index contributed by atoms with van der Waals surface area (Å²) in [4.78, 5) is 20.8. The van der Waals surface area contributed by atoms with Gasteiger partial charge in [0.15, 0.2) is 5.13 Å². The quantitative estimate of drug-likeness (QED) is 0.384. The van der Waals surface area contributed by atoms with Crippen LogP contribution in [0.25, 0.3) is 0 Å². The van der Waals surface area contributed by atoms with E-state index < -0.39 is 0 Å². The summed E-state index contributed by atoms with van der Waals surface area (Å²) in [6.07, 6.45) is 3.85. The third kappa shape index (κ3) is 5.83. The minimum atomic E-state index is -0.0907. The Labute approximate surface area is 177 Å². The average molecular weight is 436 g/mol. The van der Waals surface area contributed by atoms with Crippen LogP contribution in [0.15, 0.2) is 45.3 Å². The molecule has 3 aromatic rings. The van der Waals surface area contributed by atoms with E-state index in [0.717, 1.165) is 21.1 Å². The Hall–Kier alpha value is -1.83. The number of hydrogen-bond acceptors (Lipinski definition) is 6. The van der Waals surface area contributed by atoms with Gasteiger partial charge in [0.2, 0.25) is 11.8 Å². The fourth-order valence-corrected chi connectivity index (χ4v) is 4.26. The lowest BCUT2D eigenvalue weighted by Crippen LogP contribution is -2.14. The zero-order valence-electron chi connectivity index (χ0n) is 16.0. The van der Waals surface area contributed by atoms with Gasteiger partial charge in [-0.25, -0.2) is 9.97 Å². The number of alkyl halides is 1. The number of rotatable bonds is 7. The number of amides is 1. The van der Waals surface area contributed by atoms with Crippen LogP contribution in [0.4, 0.5) is 5.13 Å². The second-order valence-corrected chi connectivity index (χ2v) is 9.89. The Bertz CT molecular complexity index is 930. The van der Waals surface area contributed by atoms with E-state index in [1.165, 1.54) is 11.3 Å². The molecule has 148 valence electrons. The number of hydrogen-bond donors (Lipinski definition) is 1. The average Bonchev–Trinajstić information content (AvgIpc) is 3.29. The molecule has 0 spiro atoms. The molecule has 1 amide bonds. The lowest BCUT2D eigenvalue weighted by Gasteiger charge is -2.12. The summed E-state index contributed by atoms with van der Waals surface area (Å²) in [5.41, 5.74) is 1.92. The molecule has 28 heavy (non-hydrogen) atoms. The highest BCUT2D eigenvalue weighted by Gasteiger charge is 2.19. The van der Waals surface area contributed by atoms with Crippen molar-refractivity contribution in [2.45, 2.75) is 48.4 Å². The maximum absolute atomic E-state index is 12.2. The Kier molecular flexibility index (Phi) is 6.80. The fourth-order valence-electron chi connectivity index (χ4n) is 2.34. The third-order valence-corrected chi connectivity index (χ3v) is 6.30. The van der Waals surface area contributed by atoms with Crippen molar-refractivity contribution in [1.29, 1.82) is 0 Å². The van der Waals surface area contributed by atoms with Gasteiger partial charge in [-0.1, -0.05) is 56.4 Å². The molecule has 0 saturated carbocycles. The van der Waals surface area contributed by atoms with Crippen LogP contribution in [-0.4, -0.2) is 15.9 Å². The number of carbonyl (C=O) groups excluding carboxylic acids is 1. The molecule has 0 bridgehead atoms. The molecular formula is C20H22ClN3O2S2. The summed E-state index contributed by atoms with van der Waals surface area (Å²) in [7, 11) is 0. The monoisotopic (exact) mass is 435 g/mol. The van der Waals surface area contributed by atoms with Gasteiger partial charge in [0.25, 0.3) is 0 Å². The second-order valence-electron chi connectivity index (χ2n) is 7.32. The van der Waals surface area contributed by atoms with Gasteiger partial charge in [0.1, 0.15) is 5.76 Å². The molecule has 3 rings (SSSR count). The number of nitrogens with one attached hydrogen (secondary N) is 1. The van der Waals surface area contributed by atoms with Gasteiger partial charge in [-0.2, -0.15) is 0 Å². The van der Waals surface area contributed by atoms with Crippen molar-refractivity contribution in [2.24, 2.45) is 0 Å². The highest BCUT2D eigenvalue weighted by Crippen LogP contribution is 2.31. The summed E-state index contributed by atoms with van der Waals surface area (Å²) in [6, 6.07) is 7.70. The number of oxazole rings is 1. The Balaban J connectivity index is 1.50. The molecule has 0 fully saturated rings. The number of halogens is 1. The first kappa shape index (κ1) is 20.9. The van der Waals surface area contributed by atoms with E-state index in [9.17, 15) is 4.79 Å². The van der Waals surface area contributed by atoms with Crippen LogP contribution in [0, 0.1) is 0 Å². The van der Waals surface area contributed by atoms with Gasteiger partial charge in [-0.15, -0.1) is 23.4 Å². The number of nitrogens with zero attached hydrogens (tertiary/aromatic N) is 2. The number of thiazole rings is 1. The van der Waals surface area contributed by atoms with Crippen molar-refractivity contribution in [3.8, 4) is 0 Å². The summed E-state index contributed by atoms with van der Waals surface area (Å²) in [5, 5.41) is 3.44. The molecule has 0 unspecified atom stereocenters. The Morgan fingerprint density at radius 1 is 1.18 bits per heavy atom. The van der Waals surface area contributed by atoms with Crippen molar-refractivity contribution in [3.05, 3.63) is 59.4 Å². The molecule has 0 atom stereocenters. The first-order valence-electron chi connectivity index (χ1n) is 8.81. The van der Waals surface area contributed by atoms with Gasteiger partial charge in [-0.3, -0.25) is 4.79 Å². The van der Waals surface area contributed by atoms with Crippen LogP contribution in [0.5, 0.6) is 0 Å². The highest BCUT2D eigenvalue weighted by molar-refractivity contribution is 8.00. The molecule has 8 heteroatoms. The van der Waals surface area contributed by atoms with Crippen LogP contribution in [0.1, 0.15) is 43.5 Å². The van der Waals surface area contributed by atoms with E-state index in [4.69, 9.17) is 16.0 Å². The predicted octanol–water partition coefficient (Wildman–Crippen LogP) is 5.64. The van der Waals surface area contributed by atoms with Gasteiger partial charge in [0, 0.05) is 11.3 Å². The van der Waals surface area contributed by atoms with E-state index in [2.05, 4.69) is 36.1 Å². The number of thioether (sulfide) groups is 1. The van der Waals surface area contributed by atoms with Crippen LogP contribution < -0.4 is 5.32 Å². The molecule has 0 aliphatic heterocycles. The number of benzene rings is 1. The first-order valence-corrected chi connectivity index (χ1v) is 11.1. The second kappa shape index (κ2) is 9.11. The summed E-state index contributed by atoms with van der Waals surface area (Å²) in [6.45, 7) is 6.28. The normalized spacial score (nSPS) is 11.6. The maximum atomic E-state index is 12.2. The van der Waals surface area contributed by atoms with Crippen LogP contribution >= 0.6 is 34.7 Å². The number of anilines is 1. The Morgan fingerprint density at radius 3 is 2.54 bits per heavy atom. The SMILES string of the molecule is CC(C)(C)c1cnc(CSc2cnc(NC(=O)Cc3ccc(CCl)cc3)s2)o1. The fraction of sp³-hybridized carbons (Fsp3) is 0.350. The van der Waals surface area contributed by atoms with Crippen molar-refractivity contribution in [2.75, 3.05) is 5.32 Å². The molecule has 1 N–H and O–H groups in total. The summed E-state index contributed by atoms with van der Waals surface area (Å²) >= 11 is 8.81. The molecule has 2 aromatic heterocycles. The van der Waals surface area contributed by atoms with Gasteiger partial charge in [-0.05, 0) is 11.1 Å². The Morgan fingerprint density at radius 2 is 1.89 bits per heavy atom. The molecule has 1 aromatic carbocycles. The molecule has 0 radical (unpaired) electrons. The molecular weight excluding hydrogens is 414 g/mol. The van der Waals surface area contributed by atoms with E-state index in [0.29, 0.717) is 29.1 Å². The van der Waals surface area contributed by atoms with Crippen molar-refractivity contribution < 1.29 is 9.21 Å². The van der Waals surface area contributed by atoms with Gasteiger partial charge >= 0.3 is 0 Å². The van der Waals surface area contributed by atoms with E-state index >= 15 is 0 Å². The van der Waals surface area contributed by atoms with Gasteiger partial charge < -0.3 is 9.73 Å². The maximum Gasteiger partial charge on any atom is 0.230 e. The molecule has 0 aliphatic rings. The van der Waals surface area contributed by atoms with Crippen LogP contribution in [-0.2, 0) is 28.3 Å².